The fraction of sp³-hybridized carbons (Fsp3) is 0.581. The highest BCUT2D eigenvalue weighted by Gasteiger charge is 2.40. The number of ether oxygens (including phenoxy) is 2. The number of hydrogen-bond acceptors (Lipinski definition) is 7. The minimum absolute atomic E-state index is 0.0532. The van der Waals surface area contributed by atoms with Gasteiger partial charge in [0.25, 0.3) is 5.91 Å². The number of nitrogens with zero attached hydrogens (tertiary/aromatic N) is 5. The lowest BCUT2D eigenvalue weighted by Crippen LogP contribution is -2.50. The van der Waals surface area contributed by atoms with Gasteiger partial charge in [-0.1, -0.05) is 24.3 Å². The third-order valence-electron chi connectivity index (χ3n) is 7.73. The molecule has 10 heteroatoms. The fourth-order valence-corrected chi connectivity index (χ4v) is 5.43. The zero-order chi connectivity index (χ0) is 29.0. The molecule has 1 aromatic carbocycles. The van der Waals surface area contributed by atoms with E-state index in [2.05, 4.69) is 9.97 Å². The van der Waals surface area contributed by atoms with Crippen LogP contribution in [0.15, 0.2) is 36.7 Å². The molecule has 2 aliphatic heterocycles. The maximum atomic E-state index is 13.6. The van der Waals surface area contributed by atoms with Crippen LogP contribution in [0, 0.1) is 0 Å². The van der Waals surface area contributed by atoms with Gasteiger partial charge in [0.05, 0.1) is 18.6 Å². The van der Waals surface area contributed by atoms with Gasteiger partial charge in [0.1, 0.15) is 5.60 Å². The number of likely N-dealkylation sites (tertiary alicyclic amines) is 1. The fourth-order valence-electron chi connectivity index (χ4n) is 5.43. The molecule has 5 rings (SSSR count). The van der Waals surface area contributed by atoms with Crippen LogP contribution < -0.4 is 0 Å². The number of piperidine rings is 1. The van der Waals surface area contributed by atoms with E-state index in [1.165, 1.54) is 0 Å². The predicted molar refractivity (Wildman–Crippen MR) is 153 cm³/mol. The Kier molecular flexibility index (Phi) is 8.87. The highest BCUT2D eigenvalue weighted by molar-refractivity contribution is 5.94. The maximum absolute atomic E-state index is 13.6. The molecule has 0 bridgehead atoms. The van der Waals surface area contributed by atoms with Crippen LogP contribution in [0.3, 0.4) is 0 Å². The lowest BCUT2D eigenvalue weighted by Gasteiger charge is -2.39. The van der Waals surface area contributed by atoms with E-state index < -0.39 is 5.60 Å². The Labute approximate surface area is 242 Å². The van der Waals surface area contributed by atoms with Gasteiger partial charge in [-0.05, 0) is 58.4 Å². The summed E-state index contributed by atoms with van der Waals surface area (Å²) in [5.41, 5.74) is 1.71. The molecule has 220 valence electrons. The van der Waals surface area contributed by atoms with Crippen molar-refractivity contribution in [2.45, 2.75) is 77.0 Å². The van der Waals surface area contributed by atoms with Crippen LogP contribution in [0.25, 0.3) is 11.4 Å². The Morgan fingerprint density at radius 3 is 2.20 bits per heavy atom. The molecule has 2 aromatic rings. The van der Waals surface area contributed by atoms with Gasteiger partial charge < -0.3 is 24.2 Å². The van der Waals surface area contributed by atoms with Crippen LogP contribution in [-0.4, -0.2) is 99.7 Å². The minimum atomic E-state index is -0.528. The molecule has 0 atom stereocenters. The van der Waals surface area contributed by atoms with E-state index in [1.807, 2.05) is 54.8 Å². The molecule has 0 spiro atoms. The first-order valence-corrected chi connectivity index (χ1v) is 14.8. The highest BCUT2D eigenvalue weighted by Crippen LogP contribution is 2.33. The van der Waals surface area contributed by atoms with Gasteiger partial charge in [0.15, 0.2) is 5.82 Å². The van der Waals surface area contributed by atoms with E-state index in [9.17, 15) is 14.4 Å². The third kappa shape index (κ3) is 7.61. The normalized spacial score (nSPS) is 18.5. The Hall–Kier alpha value is -3.53. The van der Waals surface area contributed by atoms with Crippen LogP contribution in [-0.2, 0) is 20.7 Å². The molecule has 0 radical (unpaired) electrons. The topological polar surface area (TPSA) is 105 Å². The summed E-state index contributed by atoms with van der Waals surface area (Å²) in [5, 5.41) is 0. The number of amides is 3. The monoisotopic (exact) mass is 563 g/mol. The number of carbonyl (C=O) groups excluding carboxylic acids is 3. The summed E-state index contributed by atoms with van der Waals surface area (Å²) in [6, 6.07) is 8.01. The molecule has 1 aliphatic carbocycles. The maximum Gasteiger partial charge on any atom is 0.410 e. The van der Waals surface area contributed by atoms with Gasteiger partial charge in [-0.15, -0.1) is 0 Å². The first kappa shape index (κ1) is 29.0. The zero-order valence-corrected chi connectivity index (χ0v) is 24.4. The zero-order valence-electron chi connectivity index (χ0n) is 24.4. The summed E-state index contributed by atoms with van der Waals surface area (Å²) in [7, 11) is 0. The molecule has 3 heterocycles. The van der Waals surface area contributed by atoms with Crippen molar-refractivity contribution in [3.05, 3.63) is 47.8 Å². The van der Waals surface area contributed by atoms with Crippen molar-refractivity contribution >= 4 is 17.9 Å². The lowest BCUT2D eigenvalue weighted by atomic mass is 10.0. The van der Waals surface area contributed by atoms with Gasteiger partial charge >= 0.3 is 6.09 Å². The number of rotatable bonds is 6. The molecule has 2 saturated heterocycles. The van der Waals surface area contributed by atoms with Crippen LogP contribution in [0.2, 0.25) is 0 Å². The molecular formula is C31H41N5O5. The molecular weight excluding hydrogens is 522 g/mol. The van der Waals surface area contributed by atoms with Crippen molar-refractivity contribution in [3.8, 4) is 11.4 Å². The second kappa shape index (κ2) is 12.5. The van der Waals surface area contributed by atoms with E-state index in [0.29, 0.717) is 50.7 Å². The first-order chi connectivity index (χ1) is 19.7. The number of carbonyl (C=O) groups is 3. The minimum Gasteiger partial charge on any atom is -0.444 e. The van der Waals surface area contributed by atoms with E-state index in [-0.39, 0.29) is 30.0 Å². The second-order valence-electron chi connectivity index (χ2n) is 12.2. The van der Waals surface area contributed by atoms with Gasteiger partial charge in [-0.25, -0.2) is 14.8 Å². The van der Waals surface area contributed by atoms with Crippen molar-refractivity contribution in [2.24, 2.45) is 0 Å². The molecule has 0 N–H and O–H groups in total. The van der Waals surface area contributed by atoms with Crippen molar-refractivity contribution in [2.75, 3.05) is 39.4 Å². The number of hydrogen-bond donors (Lipinski definition) is 0. The summed E-state index contributed by atoms with van der Waals surface area (Å²) in [4.78, 5) is 53.3. The van der Waals surface area contributed by atoms with Gasteiger partial charge in [-0.3, -0.25) is 9.59 Å². The highest BCUT2D eigenvalue weighted by atomic mass is 16.6. The van der Waals surface area contributed by atoms with Crippen LogP contribution in [0.1, 0.15) is 68.8 Å². The summed E-state index contributed by atoms with van der Waals surface area (Å²) in [5.74, 6) is 0.591. The Morgan fingerprint density at radius 2 is 1.56 bits per heavy atom. The Bertz CT molecular complexity index is 1210. The predicted octanol–water partition coefficient (Wildman–Crippen LogP) is 3.94. The quantitative estimate of drug-likeness (QED) is 0.524. The van der Waals surface area contributed by atoms with Crippen LogP contribution in [0.5, 0.6) is 0 Å². The van der Waals surface area contributed by atoms with E-state index in [4.69, 9.17) is 9.47 Å². The Morgan fingerprint density at radius 1 is 0.902 bits per heavy atom. The van der Waals surface area contributed by atoms with E-state index in [0.717, 1.165) is 49.8 Å². The largest absolute Gasteiger partial charge is 0.444 e. The van der Waals surface area contributed by atoms with E-state index >= 15 is 0 Å². The lowest BCUT2D eigenvalue weighted by molar-refractivity contribution is -0.130. The van der Waals surface area contributed by atoms with Crippen molar-refractivity contribution in [1.82, 2.24) is 24.7 Å². The average Bonchev–Trinajstić information content (AvgIpc) is 3.81. The summed E-state index contributed by atoms with van der Waals surface area (Å²) in [6.07, 6.45) is 7.57. The number of aromatic nitrogens is 2. The summed E-state index contributed by atoms with van der Waals surface area (Å²) >= 11 is 0. The van der Waals surface area contributed by atoms with Crippen LogP contribution in [0.4, 0.5) is 4.79 Å². The molecule has 3 amide bonds. The molecule has 3 fully saturated rings. The molecule has 3 aliphatic rings. The SMILES string of the molecule is CC(C)(C)OC(=O)N1CCC(N(C(=O)c2cnc(-c3ccc(CC(=O)N4CCCOCC4)cc3)nc2)C2CC2)CC1. The van der Waals surface area contributed by atoms with Gasteiger partial charge in [0.2, 0.25) is 5.91 Å². The first-order valence-electron chi connectivity index (χ1n) is 14.8. The molecule has 41 heavy (non-hydrogen) atoms. The molecule has 10 nitrogen and oxygen atoms in total. The van der Waals surface area contributed by atoms with Crippen molar-refractivity contribution < 1.29 is 23.9 Å². The van der Waals surface area contributed by atoms with Crippen molar-refractivity contribution in [3.63, 3.8) is 0 Å². The van der Waals surface area contributed by atoms with Crippen molar-refractivity contribution in [1.29, 1.82) is 0 Å². The average molecular weight is 564 g/mol. The Balaban J connectivity index is 1.18. The third-order valence-corrected chi connectivity index (χ3v) is 7.73. The number of benzene rings is 1. The molecule has 1 aromatic heterocycles. The summed E-state index contributed by atoms with van der Waals surface area (Å²) < 4.78 is 11.0. The second-order valence-corrected chi connectivity index (χ2v) is 12.2. The molecule has 0 unspecified atom stereocenters. The molecule has 1 saturated carbocycles. The van der Waals surface area contributed by atoms with Gasteiger partial charge in [-0.2, -0.15) is 0 Å². The smallest absolute Gasteiger partial charge is 0.410 e. The summed E-state index contributed by atoms with van der Waals surface area (Å²) in [6.45, 7) is 9.40. The van der Waals surface area contributed by atoms with Gasteiger partial charge in [0, 0.05) is 62.8 Å². The standard InChI is InChI=1S/C31H41N5O5/c1-31(2,3)41-30(39)35-14-11-26(12-15-35)36(25-9-10-25)29(38)24-20-32-28(33-21-24)23-7-5-22(6-8-23)19-27(37)34-13-4-17-40-18-16-34/h5-8,20-21,25-26H,4,9-19H2,1-3H3. The van der Waals surface area contributed by atoms with Crippen LogP contribution >= 0.6 is 0 Å². The van der Waals surface area contributed by atoms with E-state index in [1.54, 1.807) is 17.3 Å².